The topological polar surface area (TPSA) is 54.7 Å². The van der Waals surface area contributed by atoms with E-state index in [1.54, 1.807) is 12.1 Å². The van der Waals surface area contributed by atoms with Crippen LogP contribution in [0, 0.1) is 5.82 Å². The van der Waals surface area contributed by atoms with Crippen LogP contribution in [0.5, 0.6) is 0 Å². The van der Waals surface area contributed by atoms with Gasteiger partial charge in [-0.15, -0.1) is 0 Å². The smallest absolute Gasteiger partial charge is 0.181 e. The molecule has 23 heavy (non-hydrogen) atoms. The molecule has 2 aromatic carbocycles. The van der Waals surface area contributed by atoms with Gasteiger partial charge >= 0.3 is 0 Å². The Labute approximate surface area is 143 Å². The van der Waals surface area contributed by atoms with Crippen LogP contribution in [0.2, 0.25) is 5.02 Å². The Bertz CT molecular complexity index is 1010. The number of imidazole rings is 1. The molecule has 0 fully saturated rings. The van der Waals surface area contributed by atoms with Crippen molar-refractivity contribution in [2.24, 2.45) is 0 Å². The lowest BCUT2D eigenvalue weighted by Gasteiger charge is -2.00. The van der Waals surface area contributed by atoms with Crippen molar-refractivity contribution in [2.75, 3.05) is 0 Å². The number of benzene rings is 2. The molecule has 2 heterocycles. The zero-order valence-electron chi connectivity index (χ0n) is 11.5. The first-order valence-electron chi connectivity index (χ1n) is 6.65. The molecule has 2 aromatic heterocycles. The molecule has 4 rings (SSSR count). The van der Waals surface area contributed by atoms with E-state index < -0.39 is 5.82 Å². The van der Waals surface area contributed by atoms with Crippen molar-refractivity contribution in [3.8, 4) is 22.7 Å². The summed E-state index contributed by atoms with van der Waals surface area (Å²) in [6.45, 7) is 0. The van der Waals surface area contributed by atoms with Crippen LogP contribution in [-0.2, 0) is 0 Å². The summed E-state index contributed by atoms with van der Waals surface area (Å²) in [5.74, 6) is 0.555. The lowest BCUT2D eigenvalue weighted by molar-refractivity contribution is 0.570. The standard InChI is InChI=1S/C16H8BrClFN3O/c17-9-1-2-10(11(18)5-9)16-21-13-4-8(14-6-20-7-23-14)3-12(19)15(13)22-16/h1-7H,(H,21,22). The molecule has 0 saturated heterocycles. The number of oxazole rings is 1. The summed E-state index contributed by atoms with van der Waals surface area (Å²) < 4.78 is 20.4. The maximum Gasteiger partial charge on any atom is 0.181 e. The number of nitrogens with one attached hydrogen (secondary N) is 1. The Morgan fingerprint density at radius 1 is 1.22 bits per heavy atom. The minimum Gasteiger partial charge on any atom is -0.444 e. The molecule has 0 saturated carbocycles. The fourth-order valence-corrected chi connectivity index (χ4v) is 3.15. The van der Waals surface area contributed by atoms with Gasteiger partial charge in [0.15, 0.2) is 18.0 Å². The van der Waals surface area contributed by atoms with Gasteiger partial charge in [-0.1, -0.05) is 27.5 Å². The number of H-pyrrole nitrogens is 1. The van der Waals surface area contributed by atoms with Gasteiger partial charge in [-0.2, -0.15) is 0 Å². The van der Waals surface area contributed by atoms with Gasteiger partial charge < -0.3 is 9.40 Å². The Morgan fingerprint density at radius 3 is 2.83 bits per heavy atom. The van der Waals surface area contributed by atoms with E-state index in [1.165, 1.54) is 18.7 Å². The monoisotopic (exact) mass is 391 g/mol. The van der Waals surface area contributed by atoms with Crippen LogP contribution < -0.4 is 0 Å². The first-order chi connectivity index (χ1) is 11.1. The normalized spacial score (nSPS) is 11.3. The third-order valence-corrected chi connectivity index (χ3v) is 4.25. The number of halogens is 3. The molecule has 0 unspecified atom stereocenters. The van der Waals surface area contributed by atoms with Gasteiger partial charge in [-0.05, 0) is 30.3 Å². The van der Waals surface area contributed by atoms with Crippen LogP contribution in [0.1, 0.15) is 0 Å². The van der Waals surface area contributed by atoms with Gasteiger partial charge in [0.25, 0.3) is 0 Å². The van der Waals surface area contributed by atoms with Crippen molar-refractivity contribution in [3.63, 3.8) is 0 Å². The van der Waals surface area contributed by atoms with Crippen LogP contribution in [0.4, 0.5) is 4.39 Å². The van der Waals surface area contributed by atoms with E-state index >= 15 is 0 Å². The number of nitrogens with zero attached hydrogens (tertiary/aromatic N) is 2. The fourth-order valence-electron chi connectivity index (χ4n) is 2.38. The molecule has 1 N–H and O–H groups in total. The molecule has 0 atom stereocenters. The lowest BCUT2D eigenvalue weighted by atomic mass is 10.1. The SMILES string of the molecule is Fc1cc(-c2cnco2)cc2[nH]c(-c3ccc(Br)cc3Cl)nc12. The molecule has 114 valence electrons. The summed E-state index contributed by atoms with van der Waals surface area (Å²) in [4.78, 5) is 11.3. The van der Waals surface area contributed by atoms with Gasteiger partial charge in [-0.3, -0.25) is 0 Å². The second-order valence-corrected chi connectivity index (χ2v) is 6.25. The highest BCUT2D eigenvalue weighted by Gasteiger charge is 2.14. The van der Waals surface area contributed by atoms with E-state index in [1.807, 2.05) is 12.1 Å². The molecule has 4 aromatic rings. The Balaban J connectivity index is 1.89. The van der Waals surface area contributed by atoms with E-state index in [0.717, 1.165) is 4.47 Å². The maximum atomic E-state index is 14.3. The Morgan fingerprint density at radius 2 is 2.09 bits per heavy atom. The molecular weight excluding hydrogens is 385 g/mol. The number of aromatic nitrogens is 3. The number of fused-ring (bicyclic) bond motifs is 1. The van der Waals surface area contributed by atoms with Crippen molar-refractivity contribution >= 4 is 38.6 Å². The molecule has 0 spiro atoms. The van der Waals surface area contributed by atoms with Gasteiger partial charge in [-0.25, -0.2) is 14.4 Å². The summed E-state index contributed by atoms with van der Waals surface area (Å²) >= 11 is 9.59. The minimum absolute atomic E-state index is 0.252. The first kappa shape index (κ1) is 14.4. The minimum atomic E-state index is -0.440. The van der Waals surface area contributed by atoms with Crippen molar-refractivity contribution in [1.82, 2.24) is 15.0 Å². The highest BCUT2D eigenvalue weighted by molar-refractivity contribution is 9.10. The van der Waals surface area contributed by atoms with Gasteiger partial charge in [0.05, 0.1) is 16.7 Å². The summed E-state index contributed by atoms with van der Waals surface area (Å²) in [6, 6.07) is 8.57. The van der Waals surface area contributed by atoms with Crippen molar-refractivity contribution in [1.29, 1.82) is 0 Å². The highest BCUT2D eigenvalue weighted by Crippen LogP contribution is 2.32. The van der Waals surface area contributed by atoms with Crippen molar-refractivity contribution < 1.29 is 8.81 Å². The molecule has 0 aliphatic carbocycles. The fraction of sp³-hybridized carbons (Fsp3) is 0. The zero-order chi connectivity index (χ0) is 16.0. The average molecular weight is 393 g/mol. The van der Waals surface area contributed by atoms with E-state index in [2.05, 4.69) is 30.9 Å². The zero-order valence-corrected chi connectivity index (χ0v) is 13.8. The molecule has 0 aliphatic rings. The van der Waals surface area contributed by atoms with Crippen molar-refractivity contribution in [3.05, 3.63) is 58.2 Å². The molecule has 7 heteroatoms. The average Bonchev–Trinajstić information content (AvgIpc) is 3.16. The van der Waals surface area contributed by atoms with Crippen LogP contribution >= 0.6 is 27.5 Å². The van der Waals surface area contributed by atoms with Crippen molar-refractivity contribution in [2.45, 2.75) is 0 Å². The largest absolute Gasteiger partial charge is 0.444 e. The Kier molecular flexibility index (Phi) is 3.43. The quantitative estimate of drug-likeness (QED) is 0.494. The van der Waals surface area contributed by atoms with E-state index in [0.29, 0.717) is 33.3 Å². The number of rotatable bonds is 2. The second-order valence-electron chi connectivity index (χ2n) is 4.93. The Hall–Kier alpha value is -2.18. The number of aromatic amines is 1. The van der Waals surface area contributed by atoms with Crippen LogP contribution in [0.25, 0.3) is 33.7 Å². The first-order valence-corrected chi connectivity index (χ1v) is 7.82. The summed E-state index contributed by atoms with van der Waals surface area (Å²) in [5, 5.41) is 0.522. The lowest BCUT2D eigenvalue weighted by Crippen LogP contribution is -1.82. The summed E-state index contributed by atoms with van der Waals surface area (Å²) in [5.41, 5.74) is 2.10. The van der Waals surface area contributed by atoms with Crippen LogP contribution in [0.15, 0.2) is 51.8 Å². The summed E-state index contributed by atoms with van der Waals surface area (Å²) in [7, 11) is 0. The van der Waals surface area contributed by atoms with Gasteiger partial charge in [0.1, 0.15) is 11.3 Å². The van der Waals surface area contributed by atoms with Gasteiger partial charge in [0.2, 0.25) is 0 Å². The molecule has 4 nitrogen and oxygen atoms in total. The molecule has 0 amide bonds. The molecule has 0 aliphatic heterocycles. The maximum absolute atomic E-state index is 14.3. The van der Waals surface area contributed by atoms with Crippen LogP contribution in [0.3, 0.4) is 0 Å². The summed E-state index contributed by atoms with van der Waals surface area (Å²) in [6.07, 6.45) is 2.83. The predicted octanol–water partition coefficient (Wildman–Crippen LogP) is 5.44. The predicted molar refractivity (Wildman–Crippen MR) is 89.7 cm³/mol. The molecular formula is C16H8BrClFN3O. The van der Waals surface area contributed by atoms with E-state index in [9.17, 15) is 4.39 Å². The molecule has 0 bridgehead atoms. The third kappa shape index (κ3) is 2.54. The second kappa shape index (κ2) is 5.47. The third-order valence-electron chi connectivity index (χ3n) is 3.44. The number of hydrogen-bond acceptors (Lipinski definition) is 3. The van der Waals surface area contributed by atoms with E-state index in [4.69, 9.17) is 16.0 Å². The molecule has 0 radical (unpaired) electrons. The van der Waals surface area contributed by atoms with E-state index in [-0.39, 0.29) is 5.52 Å². The van der Waals surface area contributed by atoms with Crippen LogP contribution in [-0.4, -0.2) is 15.0 Å². The van der Waals surface area contributed by atoms with Gasteiger partial charge in [0, 0.05) is 15.6 Å². The number of hydrogen-bond donors (Lipinski definition) is 1. The highest BCUT2D eigenvalue weighted by atomic mass is 79.9.